The van der Waals surface area contributed by atoms with Gasteiger partial charge in [0.25, 0.3) is 0 Å². The zero-order valence-corrected chi connectivity index (χ0v) is 10.0. The lowest BCUT2D eigenvalue weighted by molar-refractivity contribution is -0.00443. The normalized spacial score (nSPS) is 21.4. The van der Waals surface area contributed by atoms with Crippen molar-refractivity contribution in [2.45, 2.75) is 19.5 Å². The summed E-state index contributed by atoms with van der Waals surface area (Å²) < 4.78 is 5.40. The first-order valence-corrected chi connectivity index (χ1v) is 5.78. The van der Waals surface area contributed by atoms with E-state index in [0.717, 1.165) is 31.9 Å². The van der Waals surface area contributed by atoms with Crippen LogP contribution in [-0.2, 0) is 11.3 Å². The van der Waals surface area contributed by atoms with Crippen molar-refractivity contribution in [3.8, 4) is 0 Å². The van der Waals surface area contributed by atoms with Crippen molar-refractivity contribution in [1.82, 2.24) is 9.88 Å². The molecule has 0 amide bonds. The van der Waals surface area contributed by atoms with Crippen LogP contribution in [0.25, 0.3) is 0 Å². The van der Waals surface area contributed by atoms with Gasteiger partial charge in [0, 0.05) is 25.3 Å². The summed E-state index contributed by atoms with van der Waals surface area (Å²) in [7, 11) is 0. The van der Waals surface area contributed by atoms with Gasteiger partial charge >= 0.3 is 0 Å². The number of aromatic nitrogens is 1. The molecular weight excluding hydrogens is 216 g/mol. The Morgan fingerprint density at radius 1 is 1.71 bits per heavy atom. The average molecular weight is 234 g/mol. The smallest absolute Gasteiger partial charge is 0.142 e. The Morgan fingerprint density at radius 3 is 3.24 bits per heavy atom. The third-order valence-corrected chi connectivity index (χ3v) is 3.03. The highest BCUT2D eigenvalue weighted by molar-refractivity contribution is 5.94. The molecule has 0 bridgehead atoms. The van der Waals surface area contributed by atoms with Gasteiger partial charge in [-0.25, -0.2) is 0 Å². The number of hydrogen-bond acceptors (Lipinski definition) is 4. The van der Waals surface area contributed by atoms with Crippen molar-refractivity contribution in [3.63, 3.8) is 0 Å². The molecule has 0 aromatic carbocycles. The van der Waals surface area contributed by atoms with E-state index < -0.39 is 0 Å². The SMILES string of the molecule is CC1COCCN1Cc1cccnc1C(=N)N. The van der Waals surface area contributed by atoms with Crippen LogP contribution in [0, 0.1) is 5.41 Å². The van der Waals surface area contributed by atoms with Crippen molar-refractivity contribution in [3.05, 3.63) is 29.6 Å². The summed E-state index contributed by atoms with van der Waals surface area (Å²) in [5.41, 5.74) is 7.13. The van der Waals surface area contributed by atoms with E-state index in [1.807, 2.05) is 12.1 Å². The second kappa shape index (κ2) is 5.25. The fourth-order valence-electron chi connectivity index (χ4n) is 2.02. The second-order valence-electron chi connectivity index (χ2n) is 4.32. The summed E-state index contributed by atoms with van der Waals surface area (Å²) in [5.74, 6) is 0.0292. The number of rotatable bonds is 3. The lowest BCUT2D eigenvalue weighted by Crippen LogP contribution is -2.43. The predicted octanol–water partition coefficient (Wildman–Crippen LogP) is 0.586. The summed E-state index contributed by atoms with van der Waals surface area (Å²) in [6.45, 7) is 5.35. The molecule has 5 nitrogen and oxygen atoms in total. The average Bonchev–Trinajstić information content (AvgIpc) is 2.32. The minimum atomic E-state index is 0.0292. The number of pyridine rings is 1. The molecule has 1 fully saturated rings. The van der Waals surface area contributed by atoms with Crippen LogP contribution in [0.1, 0.15) is 18.2 Å². The van der Waals surface area contributed by atoms with Gasteiger partial charge in [-0.1, -0.05) is 6.07 Å². The van der Waals surface area contributed by atoms with E-state index >= 15 is 0 Å². The molecule has 0 saturated carbocycles. The lowest BCUT2D eigenvalue weighted by Gasteiger charge is -2.33. The molecule has 2 heterocycles. The maximum Gasteiger partial charge on any atom is 0.142 e. The number of nitrogens with zero attached hydrogens (tertiary/aromatic N) is 2. The number of nitrogen functional groups attached to an aromatic ring is 1. The van der Waals surface area contributed by atoms with Crippen molar-refractivity contribution < 1.29 is 4.74 Å². The van der Waals surface area contributed by atoms with Crippen molar-refractivity contribution in [2.24, 2.45) is 5.73 Å². The number of morpholine rings is 1. The van der Waals surface area contributed by atoms with E-state index in [1.54, 1.807) is 6.20 Å². The Bertz CT molecular complexity index is 407. The van der Waals surface area contributed by atoms with Gasteiger partial charge in [-0.3, -0.25) is 15.3 Å². The number of ether oxygens (including phenoxy) is 1. The molecule has 5 heteroatoms. The second-order valence-corrected chi connectivity index (χ2v) is 4.32. The molecule has 1 aliphatic heterocycles. The molecule has 1 saturated heterocycles. The van der Waals surface area contributed by atoms with E-state index in [2.05, 4.69) is 16.8 Å². The highest BCUT2D eigenvalue weighted by Gasteiger charge is 2.20. The van der Waals surface area contributed by atoms with Gasteiger partial charge in [0.1, 0.15) is 11.5 Å². The minimum absolute atomic E-state index is 0.0292. The molecule has 0 radical (unpaired) electrons. The van der Waals surface area contributed by atoms with Crippen LogP contribution in [0.2, 0.25) is 0 Å². The van der Waals surface area contributed by atoms with Crippen LogP contribution in [0.5, 0.6) is 0 Å². The van der Waals surface area contributed by atoms with Crippen LogP contribution < -0.4 is 5.73 Å². The van der Waals surface area contributed by atoms with Crippen LogP contribution in [0.4, 0.5) is 0 Å². The highest BCUT2D eigenvalue weighted by Crippen LogP contribution is 2.13. The molecule has 1 atom stereocenters. The van der Waals surface area contributed by atoms with Gasteiger partial charge in [-0.15, -0.1) is 0 Å². The Kier molecular flexibility index (Phi) is 3.71. The molecule has 92 valence electrons. The van der Waals surface area contributed by atoms with Gasteiger partial charge in [0.15, 0.2) is 0 Å². The van der Waals surface area contributed by atoms with Gasteiger partial charge in [-0.05, 0) is 18.6 Å². The van der Waals surface area contributed by atoms with E-state index in [9.17, 15) is 0 Å². The molecule has 1 aliphatic rings. The zero-order valence-electron chi connectivity index (χ0n) is 10.0. The maximum absolute atomic E-state index is 7.52. The first-order chi connectivity index (χ1) is 8.18. The van der Waals surface area contributed by atoms with E-state index in [-0.39, 0.29) is 5.84 Å². The summed E-state index contributed by atoms with van der Waals surface area (Å²) in [6.07, 6.45) is 1.67. The Morgan fingerprint density at radius 2 is 2.53 bits per heavy atom. The highest BCUT2D eigenvalue weighted by atomic mass is 16.5. The van der Waals surface area contributed by atoms with Crippen LogP contribution in [0.3, 0.4) is 0 Å². The monoisotopic (exact) mass is 234 g/mol. The largest absolute Gasteiger partial charge is 0.382 e. The molecule has 0 aliphatic carbocycles. The molecule has 17 heavy (non-hydrogen) atoms. The molecule has 1 aromatic heterocycles. The maximum atomic E-state index is 7.52. The van der Waals surface area contributed by atoms with Crippen molar-refractivity contribution >= 4 is 5.84 Å². The lowest BCUT2D eigenvalue weighted by atomic mass is 10.1. The molecular formula is C12H18N4O. The van der Waals surface area contributed by atoms with Crippen LogP contribution in [-0.4, -0.2) is 41.5 Å². The Labute approximate surface area is 101 Å². The molecule has 3 N–H and O–H groups in total. The molecule has 2 rings (SSSR count). The first-order valence-electron chi connectivity index (χ1n) is 5.78. The Hall–Kier alpha value is -1.46. The minimum Gasteiger partial charge on any atom is -0.382 e. The molecule has 0 spiro atoms. The van der Waals surface area contributed by atoms with Gasteiger partial charge < -0.3 is 10.5 Å². The van der Waals surface area contributed by atoms with Gasteiger partial charge in [-0.2, -0.15) is 0 Å². The van der Waals surface area contributed by atoms with Gasteiger partial charge in [0.2, 0.25) is 0 Å². The summed E-state index contributed by atoms with van der Waals surface area (Å²) in [4.78, 5) is 6.49. The molecule has 1 unspecified atom stereocenters. The summed E-state index contributed by atoms with van der Waals surface area (Å²) in [5, 5.41) is 7.52. The number of nitrogens with one attached hydrogen (secondary N) is 1. The van der Waals surface area contributed by atoms with E-state index in [1.165, 1.54) is 0 Å². The standard InChI is InChI=1S/C12H18N4O/c1-9-8-17-6-5-16(9)7-10-3-2-4-15-11(10)12(13)14/h2-4,9H,5-8H2,1H3,(H3,13,14). The topological polar surface area (TPSA) is 75.2 Å². The first kappa shape index (κ1) is 12.0. The number of amidine groups is 1. The third-order valence-electron chi connectivity index (χ3n) is 3.03. The van der Waals surface area contributed by atoms with E-state index in [4.69, 9.17) is 15.9 Å². The summed E-state index contributed by atoms with van der Waals surface area (Å²) in [6, 6.07) is 4.25. The summed E-state index contributed by atoms with van der Waals surface area (Å²) >= 11 is 0. The number of hydrogen-bond donors (Lipinski definition) is 2. The fraction of sp³-hybridized carbons (Fsp3) is 0.500. The van der Waals surface area contributed by atoms with Crippen LogP contribution in [0.15, 0.2) is 18.3 Å². The van der Waals surface area contributed by atoms with Crippen molar-refractivity contribution in [2.75, 3.05) is 19.8 Å². The van der Waals surface area contributed by atoms with Gasteiger partial charge in [0.05, 0.1) is 13.2 Å². The quantitative estimate of drug-likeness (QED) is 0.593. The van der Waals surface area contributed by atoms with Crippen LogP contribution >= 0.6 is 0 Å². The predicted molar refractivity (Wildman–Crippen MR) is 65.9 cm³/mol. The third kappa shape index (κ3) is 2.81. The molecule has 1 aromatic rings. The fourth-order valence-corrected chi connectivity index (χ4v) is 2.02. The number of nitrogens with two attached hydrogens (primary N) is 1. The van der Waals surface area contributed by atoms with Crippen molar-refractivity contribution in [1.29, 1.82) is 5.41 Å². The zero-order chi connectivity index (χ0) is 12.3. The van der Waals surface area contributed by atoms with E-state index in [0.29, 0.717) is 11.7 Å². The Balaban J connectivity index is 2.14.